The molecule has 1 fully saturated rings. The summed E-state index contributed by atoms with van der Waals surface area (Å²) >= 11 is 6.31. The van der Waals surface area contributed by atoms with E-state index in [-0.39, 0.29) is 16.9 Å². The maximum Gasteiger partial charge on any atom is 0.264 e. The Balaban J connectivity index is 1.68. The van der Waals surface area contributed by atoms with Crippen molar-refractivity contribution in [1.29, 1.82) is 0 Å². The number of rotatable bonds is 11. The lowest BCUT2D eigenvalue weighted by Crippen LogP contribution is -2.51. The van der Waals surface area contributed by atoms with Gasteiger partial charge < -0.3 is 14.7 Å². The number of sulfonamides is 1. The van der Waals surface area contributed by atoms with E-state index in [0.717, 1.165) is 48.9 Å². The van der Waals surface area contributed by atoms with Gasteiger partial charge in [-0.2, -0.15) is 0 Å². The number of allylic oxidation sites excluding steroid dienone is 1. The second kappa shape index (κ2) is 14.3. The number of aryl methyl sites for hydroxylation is 1. The molecule has 1 heterocycles. The van der Waals surface area contributed by atoms with E-state index in [1.807, 2.05) is 18.2 Å². The lowest BCUT2D eigenvalue weighted by Gasteiger charge is -2.51. The highest BCUT2D eigenvalue weighted by Crippen LogP contribution is 2.50. The van der Waals surface area contributed by atoms with Crippen LogP contribution in [-0.2, 0) is 23.1 Å². The molecule has 0 bridgehead atoms. The number of amides is 1. The van der Waals surface area contributed by atoms with Crippen molar-refractivity contribution in [3.63, 3.8) is 0 Å². The number of anilines is 1. The standard InChI is InChI=1S/C34H45ClN2O5S/c1-5-8-12-29(6-2)43(40,41)36-33(39)25-14-16-31-30(21-25)37(22-27-17-18-34(27,4)32(38)7-3)19-10-9-11-24-20-28(35)15-13-26(24)23-42-31/h5,7,13-16,20-21,27,29,32,38H,1,3,6,8-12,17-19,22-23H2,2,4H3,(H,36,39)/t27-,29+,32-,34+/m0/s1. The Hall–Kier alpha value is -2.81. The van der Waals surface area contributed by atoms with Crippen LogP contribution in [0.5, 0.6) is 5.75 Å². The highest BCUT2D eigenvalue weighted by atomic mass is 35.5. The van der Waals surface area contributed by atoms with Crippen LogP contribution in [0.2, 0.25) is 5.02 Å². The Morgan fingerprint density at radius 3 is 2.70 bits per heavy atom. The molecule has 0 saturated heterocycles. The molecule has 2 N–H and O–H groups in total. The van der Waals surface area contributed by atoms with Gasteiger partial charge in [0, 0.05) is 29.1 Å². The van der Waals surface area contributed by atoms with Gasteiger partial charge in [-0.1, -0.05) is 43.7 Å². The van der Waals surface area contributed by atoms with E-state index >= 15 is 0 Å². The molecular weight excluding hydrogens is 584 g/mol. The van der Waals surface area contributed by atoms with E-state index in [1.54, 1.807) is 37.3 Å². The fraction of sp³-hybridized carbons (Fsp3) is 0.500. The molecule has 4 rings (SSSR count). The number of nitrogens with zero attached hydrogens (tertiary/aromatic N) is 1. The van der Waals surface area contributed by atoms with Crippen LogP contribution in [0, 0.1) is 11.3 Å². The van der Waals surface area contributed by atoms with Crippen LogP contribution in [0.1, 0.15) is 80.3 Å². The van der Waals surface area contributed by atoms with E-state index in [0.29, 0.717) is 49.7 Å². The average Bonchev–Trinajstić information content (AvgIpc) is 3.01. The zero-order chi connectivity index (χ0) is 31.2. The average molecular weight is 629 g/mol. The molecule has 0 unspecified atom stereocenters. The monoisotopic (exact) mass is 628 g/mol. The third-order valence-corrected chi connectivity index (χ3v) is 11.5. The van der Waals surface area contributed by atoms with Crippen molar-refractivity contribution in [3.8, 4) is 5.75 Å². The summed E-state index contributed by atoms with van der Waals surface area (Å²) in [5, 5.41) is 10.7. The molecule has 2 aromatic carbocycles. The number of ether oxygens (including phenoxy) is 1. The first-order valence-corrected chi connectivity index (χ1v) is 17.2. The van der Waals surface area contributed by atoms with Gasteiger partial charge in [-0.05, 0) is 98.7 Å². The quantitative estimate of drug-likeness (QED) is 0.265. The number of nitrogens with one attached hydrogen (secondary N) is 1. The molecule has 0 radical (unpaired) electrons. The van der Waals surface area contributed by atoms with E-state index in [9.17, 15) is 18.3 Å². The van der Waals surface area contributed by atoms with Crippen LogP contribution in [0.15, 0.2) is 61.7 Å². The van der Waals surface area contributed by atoms with Crippen molar-refractivity contribution in [2.45, 2.75) is 83.2 Å². The van der Waals surface area contributed by atoms with E-state index in [4.69, 9.17) is 16.3 Å². The molecule has 0 spiro atoms. The Bertz CT molecular complexity index is 1430. The SMILES string of the molecule is C=CCC[C@@H](CC)S(=O)(=O)NC(=O)c1ccc2c(c1)N(C[C@@H]1CC[C@@]1(C)[C@@H](O)C=C)CCCCc1cc(Cl)ccc1CO2. The number of carbonyl (C=O) groups excluding carboxylic acids is 1. The summed E-state index contributed by atoms with van der Waals surface area (Å²) in [6.45, 7) is 13.1. The van der Waals surface area contributed by atoms with Gasteiger partial charge in [0.1, 0.15) is 12.4 Å². The first-order chi connectivity index (χ1) is 20.5. The molecule has 1 amide bonds. The van der Waals surface area contributed by atoms with Crippen LogP contribution < -0.4 is 14.4 Å². The fourth-order valence-corrected chi connectivity index (χ4v) is 7.88. The number of carbonyl (C=O) groups is 1. The van der Waals surface area contributed by atoms with Crippen molar-refractivity contribution in [3.05, 3.63) is 83.4 Å². The Kier molecular flexibility index (Phi) is 11.0. The summed E-state index contributed by atoms with van der Waals surface area (Å²) in [6.07, 6.45) is 8.62. The number of halogens is 1. The van der Waals surface area contributed by atoms with Gasteiger partial charge in [0.05, 0.1) is 17.0 Å². The summed E-state index contributed by atoms with van der Waals surface area (Å²) in [7, 11) is -3.87. The van der Waals surface area contributed by atoms with Gasteiger partial charge in [-0.3, -0.25) is 4.79 Å². The first-order valence-electron chi connectivity index (χ1n) is 15.3. The van der Waals surface area contributed by atoms with Gasteiger partial charge >= 0.3 is 0 Å². The van der Waals surface area contributed by atoms with Gasteiger partial charge in [-0.25, -0.2) is 13.1 Å². The van der Waals surface area contributed by atoms with Crippen molar-refractivity contribution >= 4 is 33.2 Å². The van der Waals surface area contributed by atoms with Crippen molar-refractivity contribution < 1.29 is 23.1 Å². The molecule has 1 aliphatic carbocycles. The molecular formula is C34H45ClN2O5S. The largest absolute Gasteiger partial charge is 0.487 e. The van der Waals surface area contributed by atoms with Gasteiger partial charge in [0.15, 0.2) is 0 Å². The summed E-state index contributed by atoms with van der Waals surface area (Å²) in [5.41, 5.74) is 2.92. The zero-order valence-electron chi connectivity index (χ0n) is 25.4. The Labute approximate surface area is 262 Å². The number of hydrogen-bond acceptors (Lipinski definition) is 6. The molecule has 4 atom stereocenters. The second-order valence-electron chi connectivity index (χ2n) is 12.1. The molecule has 2 aliphatic rings. The normalized spacial score (nSPS) is 22.0. The number of hydrogen-bond donors (Lipinski definition) is 2. The van der Waals surface area contributed by atoms with Crippen molar-refractivity contribution in [2.24, 2.45) is 11.3 Å². The minimum Gasteiger partial charge on any atom is -0.487 e. The molecule has 1 saturated carbocycles. The number of fused-ring (bicyclic) bond motifs is 2. The van der Waals surface area contributed by atoms with Crippen molar-refractivity contribution in [2.75, 3.05) is 18.0 Å². The van der Waals surface area contributed by atoms with E-state index in [1.165, 1.54) is 0 Å². The Morgan fingerprint density at radius 2 is 2.02 bits per heavy atom. The van der Waals surface area contributed by atoms with Gasteiger partial charge in [0.2, 0.25) is 10.0 Å². The molecule has 1 aliphatic heterocycles. The first kappa shape index (κ1) is 33.1. The molecule has 7 nitrogen and oxygen atoms in total. The molecule has 43 heavy (non-hydrogen) atoms. The van der Waals surface area contributed by atoms with Crippen LogP contribution >= 0.6 is 11.6 Å². The summed E-state index contributed by atoms with van der Waals surface area (Å²) in [4.78, 5) is 15.6. The maximum absolute atomic E-state index is 13.4. The van der Waals surface area contributed by atoms with E-state index in [2.05, 4.69) is 29.7 Å². The van der Waals surface area contributed by atoms with Gasteiger partial charge in [-0.15, -0.1) is 13.2 Å². The lowest BCUT2D eigenvalue weighted by molar-refractivity contribution is -0.0464. The summed E-state index contributed by atoms with van der Waals surface area (Å²) in [6, 6.07) is 11.0. The van der Waals surface area contributed by atoms with E-state index < -0.39 is 27.3 Å². The molecule has 2 aromatic rings. The molecule has 9 heteroatoms. The fourth-order valence-electron chi connectivity index (χ4n) is 6.26. The Morgan fingerprint density at radius 1 is 1.23 bits per heavy atom. The number of benzene rings is 2. The predicted octanol–water partition coefficient (Wildman–Crippen LogP) is 6.83. The van der Waals surface area contributed by atoms with Crippen LogP contribution in [0.3, 0.4) is 0 Å². The molecule has 234 valence electrons. The predicted molar refractivity (Wildman–Crippen MR) is 174 cm³/mol. The zero-order valence-corrected chi connectivity index (χ0v) is 26.9. The minimum atomic E-state index is -3.87. The highest BCUT2D eigenvalue weighted by molar-refractivity contribution is 7.90. The molecule has 0 aromatic heterocycles. The third kappa shape index (κ3) is 7.65. The van der Waals surface area contributed by atoms with Crippen molar-refractivity contribution in [1.82, 2.24) is 4.72 Å². The van der Waals surface area contributed by atoms with Crippen LogP contribution in [0.4, 0.5) is 5.69 Å². The smallest absolute Gasteiger partial charge is 0.264 e. The minimum absolute atomic E-state index is 0.211. The number of aliphatic hydroxyl groups excluding tert-OH is 1. The lowest BCUT2D eigenvalue weighted by atomic mass is 9.58. The summed E-state index contributed by atoms with van der Waals surface area (Å²) < 4.78 is 34.9. The third-order valence-electron chi connectivity index (χ3n) is 9.36. The maximum atomic E-state index is 13.4. The summed E-state index contributed by atoms with van der Waals surface area (Å²) in [5.74, 6) is 0.164. The van der Waals surface area contributed by atoms with Gasteiger partial charge in [0.25, 0.3) is 5.91 Å². The number of aliphatic hydroxyl groups is 1. The highest BCUT2D eigenvalue weighted by Gasteiger charge is 2.47. The van der Waals surface area contributed by atoms with Crippen LogP contribution in [0.25, 0.3) is 0 Å². The van der Waals surface area contributed by atoms with Crippen LogP contribution in [-0.4, -0.2) is 43.9 Å². The topological polar surface area (TPSA) is 95.9 Å². The second-order valence-corrected chi connectivity index (χ2v) is 14.5.